The van der Waals surface area contributed by atoms with Crippen molar-refractivity contribution >= 4 is 17.2 Å². The van der Waals surface area contributed by atoms with Crippen molar-refractivity contribution in [2.45, 2.75) is 6.54 Å². The molecule has 10 heteroatoms. The maximum Gasteiger partial charge on any atom is 0.254 e. The zero-order valence-corrected chi connectivity index (χ0v) is 18.0. The second-order valence-electron chi connectivity index (χ2n) is 7.51. The predicted molar refractivity (Wildman–Crippen MR) is 118 cm³/mol. The molecular formula is C22H20FN7OS. The number of benzene rings is 2. The second kappa shape index (κ2) is 8.93. The first-order valence-electron chi connectivity index (χ1n) is 10.2. The van der Waals surface area contributed by atoms with Crippen molar-refractivity contribution in [1.29, 1.82) is 0 Å². The van der Waals surface area contributed by atoms with E-state index in [0.29, 0.717) is 18.7 Å². The van der Waals surface area contributed by atoms with Gasteiger partial charge in [0.05, 0.1) is 17.9 Å². The van der Waals surface area contributed by atoms with Crippen LogP contribution in [0.25, 0.3) is 16.9 Å². The number of carbonyl (C=O) groups is 1. The minimum absolute atomic E-state index is 0.00687. The molecule has 0 aliphatic carbocycles. The first-order valence-corrected chi connectivity index (χ1v) is 11.1. The smallest absolute Gasteiger partial charge is 0.254 e. The van der Waals surface area contributed by atoms with Crippen LogP contribution in [0, 0.1) is 5.82 Å². The van der Waals surface area contributed by atoms with Gasteiger partial charge in [-0.05, 0) is 52.9 Å². The molecule has 2 aromatic carbocycles. The van der Waals surface area contributed by atoms with Gasteiger partial charge in [0.1, 0.15) is 17.2 Å². The minimum Gasteiger partial charge on any atom is -0.336 e. The average molecular weight is 450 g/mol. The van der Waals surface area contributed by atoms with E-state index in [9.17, 15) is 9.18 Å². The third-order valence-electron chi connectivity index (χ3n) is 5.42. The highest BCUT2D eigenvalue weighted by atomic mass is 32.1. The molecule has 2 aromatic heterocycles. The van der Waals surface area contributed by atoms with Gasteiger partial charge >= 0.3 is 0 Å². The van der Waals surface area contributed by atoms with Crippen LogP contribution in [-0.4, -0.2) is 67.1 Å². The van der Waals surface area contributed by atoms with Crippen LogP contribution in [-0.2, 0) is 6.54 Å². The Hall–Kier alpha value is -3.50. The van der Waals surface area contributed by atoms with Crippen LogP contribution in [0.15, 0.2) is 60.2 Å². The summed E-state index contributed by atoms with van der Waals surface area (Å²) in [4.78, 5) is 21.9. The van der Waals surface area contributed by atoms with Crippen molar-refractivity contribution in [3.8, 4) is 16.9 Å². The number of amides is 1. The molecule has 0 unspecified atom stereocenters. The van der Waals surface area contributed by atoms with Crippen LogP contribution in [0.4, 0.5) is 4.39 Å². The molecule has 1 saturated heterocycles. The number of hydrogen-bond donors (Lipinski definition) is 0. The lowest BCUT2D eigenvalue weighted by molar-refractivity contribution is 0.0628. The van der Waals surface area contributed by atoms with Gasteiger partial charge in [-0.2, -0.15) is 0 Å². The molecule has 1 aliphatic rings. The van der Waals surface area contributed by atoms with Crippen molar-refractivity contribution in [3.05, 3.63) is 76.6 Å². The van der Waals surface area contributed by atoms with Crippen molar-refractivity contribution in [3.63, 3.8) is 0 Å². The Morgan fingerprint density at radius 3 is 2.62 bits per heavy atom. The lowest BCUT2D eigenvalue weighted by atomic mass is 10.1. The molecule has 162 valence electrons. The number of thiazole rings is 1. The molecule has 0 spiro atoms. The monoisotopic (exact) mass is 449 g/mol. The summed E-state index contributed by atoms with van der Waals surface area (Å²) in [5.74, 6) is -0.244. The molecule has 0 saturated carbocycles. The lowest BCUT2D eigenvalue weighted by Gasteiger charge is -2.34. The molecule has 1 aliphatic heterocycles. The van der Waals surface area contributed by atoms with Crippen molar-refractivity contribution < 1.29 is 9.18 Å². The van der Waals surface area contributed by atoms with Gasteiger partial charge in [0.15, 0.2) is 0 Å². The third-order valence-corrected chi connectivity index (χ3v) is 6.25. The third kappa shape index (κ3) is 4.41. The van der Waals surface area contributed by atoms with Crippen molar-refractivity contribution in [2.24, 2.45) is 0 Å². The summed E-state index contributed by atoms with van der Waals surface area (Å²) in [5, 5.41) is 14.2. The summed E-state index contributed by atoms with van der Waals surface area (Å²) in [6.07, 6.45) is 1.50. The van der Waals surface area contributed by atoms with E-state index in [4.69, 9.17) is 4.98 Å². The molecule has 5 rings (SSSR count). The number of hydrogen-bond acceptors (Lipinski definition) is 7. The summed E-state index contributed by atoms with van der Waals surface area (Å²) in [6, 6.07) is 13.7. The fraction of sp³-hybridized carbons (Fsp3) is 0.227. The van der Waals surface area contributed by atoms with E-state index in [1.165, 1.54) is 23.1 Å². The molecule has 1 fully saturated rings. The average Bonchev–Trinajstić information content (AvgIpc) is 3.53. The highest BCUT2D eigenvalue weighted by Crippen LogP contribution is 2.23. The second-order valence-corrected chi connectivity index (χ2v) is 8.45. The van der Waals surface area contributed by atoms with Crippen LogP contribution >= 0.6 is 11.3 Å². The molecule has 32 heavy (non-hydrogen) atoms. The molecule has 3 heterocycles. The van der Waals surface area contributed by atoms with Crippen LogP contribution in [0.5, 0.6) is 0 Å². The van der Waals surface area contributed by atoms with Crippen molar-refractivity contribution in [2.75, 3.05) is 26.2 Å². The van der Waals surface area contributed by atoms with E-state index in [1.807, 2.05) is 28.5 Å². The standard InChI is InChI=1S/C22H20FN7OS/c23-18-6-4-16(5-7-18)20-14-32-21(25-20)13-28-8-10-29(11-9-28)22(31)17-2-1-3-19(12-17)30-15-24-26-27-30/h1-7,12,14-15H,8-11,13H2. The van der Waals surface area contributed by atoms with E-state index in [0.717, 1.165) is 41.6 Å². The molecule has 0 N–H and O–H groups in total. The Balaban J connectivity index is 1.18. The van der Waals surface area contributed by atoms with Gasteiger partial charge in [-0.15, -0.1) is 16.4 Å². The minimum atomic E-state index is -0.251. The maximum absolute atomic E-state index is 13.1. The molecular weight excluding hydrogens is 429 g/mol. The number of nitrogens with zero attached hydrogens (tertiary/aromatic N) is 7. The fourth-order valence-corrected chi connectivity index (χ4v) is 4.53. The number of rotatable bonds is 5. The molecule has 0 radical (unpaired) electrons. The number of carbonyl (C=O) groups excluding carboxylic acids is 1. The van der Waals surface area contributed by atoms with Crippen LogP contribution in [0.3, 0.4) is 0 Å². The topological polar surface area (TPSA) is 80.0 Å². The highest BCUT2D eigenvalue weighted by molar-refractivity contribution is 7.09. The van der Waals surface area contributed by atoms with Crippen LogP contribution in [0.1, 0.15) is 15.4 Å². The van der Waals surface area contributed by atoms with E-state index in [1.54, 1.807) is 29.5 Å². The quantitative estimate of drug-likeness (QED) is 0.466. The number of tetrazole rings is 1. The summed E-state index contributed by atoms with van der Waals surface area (Å²) < 4.78 is 14.7. The van der Waals surface area contributed by atoms with Gasteiger partial charge in [-0.3, -0.25) is 9.69 Å². The van der Waals surface area contributed by atoms with Gasteiger partial charge < -0.3 is 4.90 Å². The van der Waals surface area contributed by atoms with Gasteiger partial charge in [0, 0.05) is 42.7 Å². The predicted octanol–water partition coefficient (Wildman–Crippen LogP) is 2.88. The molecule has 0 atom stereocenters. The summed E-state index contributed by atoms with van der Waals surface area (Å²) in [5.41, 5.74) is 3.14. The fourth-order valence-electron chi connectivity index (χ4n) is 3.68. The maximum atomic E-state index is 13.1. The summed E-state index contributed by atoms with van der Waals surface area (Å²) in [6.45, 7) is 3.62. The molecule has 0 bridgehead atoms. The normalized spacial score (nSPS) is 14.6. The van der Waals surface area contributed by atoms with E-state index < -0.39 is 0 Å². The Kier molecular flexibility index (Phi) is 5.70. The Labute approximate surface area is 187 Å². The first-order chi connectivity index (χ1) is 15.7. The Morgan fingerprint density at radius 2 is 1.88 bits per heavy atom. The van der Waals surface area contributed by atoms with Gasteiger partial charge in [-0.25, -0.2) is 14.1 Å². The van der Waals surface area contributed by atoms with E-state index in [2.05, 4.69) is 20.4 Å². The van der Waals surface area contributed by atoms with Crippen molar-refractivity contribution in [1.82, 2.24) is 35.0 Å². The zero-order valence-electron chi connectivity index (χ0n) is 17.1. The van der Waals surface area contributed by atoms with Gasteiger partial charge in [0.2, 0.25) is 0 Å². The summed E-state index contributed by atoms with van der Waals surface area (Å²) in [7, 11) is 0. The number of piperazine rings is 1. The van der Waals surface area contributed by atoms with Crippen LogP contribution < -0.4 is 0 Å². The largest absolute Gasteiger partial charge is 0.336 e. The van der Waals surface area contributed by atoms with Gasteiger partial charge in [0.25, 0.3) is 5.91 Å². The van der Waals surface area contributed by atoms with E-state index in [-0.39, 0.29) is 11.7 Å². The number of halogens is 1. The Bertz CT molecular complexity index is 1200. The first kappa shape index (κ1) is 20.4. The lowest BCUT2D eigenvalue weighted by Crippen LogP contribution is -2.48. The summed E-state index contributed by atoms with van der Waals surface area (Å²) >= 11 is 1.60. The SMILES string of the molecule is O=C(c1cccc(-n2cnnn2)c1)N1CCN(Cc2nc(-c3ccc(F)cc3)cs2)CC1. The highest BCUT2D eigenvalue weighted by Gasteiger charge is 2.23. The van der Waals surface area contributed by atoms with Crippen LogP contribution in [0.2, 0.25) is 0 Å². The molecule has 1 amide bonds. The molecule has 8 nitrogen and oxygen atoms in total. The van der Waals surface area contributed by atoms with E-state index >= 15 is 0 Å². The molecule has 4 aromatic rings. The van der Waals surface area contributed by atoms with Gasteiger partial charge in [-0.1, -0.05) is 6.07 Å². The number of aromatic nitrogens is 5. The zero-order chi connectivity index (χ0) is 21.9. The Morgan fingerprint density at radius 1 is 1.06 bits per heavy atom.